The van der Waals surface area contributed by atoms with Gasteiger partial charge in [0.1, 0.15) is 11.9 Å². The van der Waals surface area contributed by atoms with E-state index in [-0.39, 0.29) is 16.7 Å². The summed E-state index contributed by atoms with van der Waals surface area (Å²) in [7, 11) is 0. The fourth-order valence-electron chi connectivity index (χ4n) is 4.54. The Labute approximate surface area is 220 Å². The number of likely N-dealkylation sites (tertiary alicyclic amines) is 1. The van der Waals surface area contributed by atoms with E-state index < -0.39 is 11.9 Å². The number of amides is 1. The number of nitrogen functional groups attached to an aromatic ring is 1. The van der Waals surface area contributed by atoms with Gasteiger partial charge in [-0.2, -0.15) is 0 Å². The van der Waals surface area contributed by atoms with Crippen LogP contribution in [-0.4, -0.2) is 41.5 Å². The number of pyridine rings is 1. The zero-order valence-electron chi connectivity index (χ0n) is 20.2. The molecule has 9 heteroatoms. The number of nitrogens with two attached hydrogens (primary N) is 1. The molecule has 1 amide bonds. The number of carbonyl (C=O) groups is 1. The van der Waals surface area contributed by atoms with E-state index in [4.69, 9.17) is 33.7 Å². The number of anilines is 1. The van der Waals surface area contributed by atoms with Crippen molar-refractivity contribution in [1.82, 2.24) is 15.2 Å². The second-order valence-electron chi connectivity index (χ2n) is 8.84. The maximum absolute atomic E-state index is 14.0. The molecule has 3 N–H and O–H groups in total. The van der Waals surface area contributed by atoms with Crippen LogP contribution in [0.4, 0.5) is 10.2 Å². The van der Waals surface area contributed by atoms with Crippen LogP contribution in [0.15, 0.2) is 48.7 Å². The topological polar surface area (TPSA) is 80.5 Å². The first-order valence-corrected chi connectivity index (χ1v) is 12.7. The minimum absolute atomic E-state index is 0.0955. The predicted octanol–water partition coefficient (Wildman–Crippen LogP) is 6.13. The number of carbonyl (C=O) groups excluding carboxylic acids is 1. The first-order chi connectivity index (χ1) is 17.3. The largest absolute Gasteiger partial charge is 0.482 e. The van der Waals surface area contributed by atoms with Crippen LogP contribution in [0.5, 0.6) is 5.75 Å². The van der Waals surface area contributed by atoms with Crippen molar-refractivity contribution in [2.24, 2.45) is 0 Å². The number of nitrogens with one attached hydrogen (secondary N) is 1. The molecule has 1 aromatic heterocycles. The maximum atomic E-state index is 14.0. The van der Waals surface area contributed by atoms with E-state index >= 15 is 0 Å². The average Bonchev–Trinajstić information content (AvgIpc) is 3.34. The Balaban J connectivity index is 1.46. The lowest BCUT2D eigenvalue weighted by molar-refractivity contribution is 0.0941. The fourth-order valence-corrected chi connectivity index (χ4v) is 5.22. The van der Waals surface area contributed by atoms with Crippen LogP contribution in [0.2, 0.25) is 10.0 Å². The molecule has 4 rings (SSSR count). The van der Waals surface area contributed by atoms with Gasteiger partial charge in [0, 0.05) is 40.5 Å². The van der Waals surface area contributed by atoms with Crippen LogP contribution >= 0.6 is 23.2 Å². The van der Waals surface area contributed by atoms with Gasteiger partial charge in [0.25, 0.3) is 5.91 Å². The lowest BCUT2D eigenvalue weighted by Gasteiger charge is -2.22. The smallest absolute Gasteiger partial charge is 0.251 e. The van der Waals surface area contributed by atoms with Gasteiger partial charge in [-0.05, 0) is 68.8 Å². The number of hydrogen-bond acceptors (Lipinski definition) is 5. The zero-order valence-corrected chi connectivity index (χ0v) is 21.7. The Morgan fingerprint density at radius 2 is 2.00 bits per heavy atom. The lowest BCUT2D eigenvalue weighted by Crippen LogP contribution is -2.40. The van der Waals surface area contributed by atoms with Crippen molar-refractivity contribution in [1.29, 1.82) is 0 Å². The molecule has 190 valence electrons. The van der Waals surface area contributed by atoms with Crippen molar-refractivity contribution in [3.8, 4) is 16.9 Å². The molecule has 2 heterocycles. The van der Waals surface area contributed by atoms with Crippen LogP contribution in [0, 0.1) is 5.82 Å². The molecular formula is C27H29Cl2FN4O2. The van der Waals surface area contributed by atoms with E-state index in [2.05, 4.69) is 22.1 Å². The summed E-state index contributed by atoms with van der Waals surface area (Å²) in [4.78, 5) is 19.3. The number of aromatic nitrogens is 1. The standard InChI is InChI=1S/C27H29Cl2FN4O2/c1-3-34-12-4-5-20(34)15-33-27(35)18-8-6-17(7-9-18)19-13-23(26(31)32-14-19)36-16(2)24-21(28)10-11-22(30)25(24)29/h6-11,13-14,16,20H,3-5,12,15H2,1-2H3,(H2,31,32)(H,33,35). The number of ether oxygens (including phenoxy) is 1. The highest BCUT2D eigenvalue weighted by molar-refractivity contribution is 6.36. The number of hydrogen-bond donors (Lipinski definition) is 2. The third kappa shape index (κ3) is 5.75. The minimum atomic E-state index is -0.672. The monoisotopic (exact) mass is 530 g/mol. The molecule has 0 spiro atoms. The Kier molecular flexibility index (Phi) is 8.34. The van der Waals surface area contributed by atoms with E-state index in [9.17, 15) is 9.18 Å². The van der Waals surface area contributed by atoms with Crippen molar-refractivity contribution in [3.05, 3.63) is 75.7 Å². The van der Waals surface area contributed by atoms with Gasteiger partial charge in [-0.3, -0.25) is 9.69 Å². The molecule has 1 fully saturated rings. The molecule has 1 saturated heterocycles. The van der Waals surface area contributed by atoms with E-state index in [1.54, 1.807) is 31.3 Å². The van der Waals surface area contributed by atoms with Crippen LogP contribution in [0.1, 0.15) is 48.7 Å². The van der Waals surface area contributed by atoms with Crippen molar-refractivity contribution < 1.29 is 13.9 Å². The average molecular weight is 531 g/mol. The van der Waals surface area contributed by atoms with E-state index in [1.807, 2.05) is 12.1 Å². The zero-order chi connectivity index (χ0) is 25.8. The molecular weight excluding hydrogens is 502 g/mol. The van der Waals surface area contributed by atoms with Crippen molar-refractivity contribution in [2.45, 2.75) is 38.8 Å². The molecule has 3 aromatic rings. The number of likely N-dealkylation sites (N-methyl/N-ethyl adjacent to an activating group) is 1. The molecule has 6 nitrogen and oxygen atoms in total. The molecule has 0 aliphatic carbocycles. The van der Waals surface area contributed by atoms with Gasteiger partial charge in [-0.15, -0.1) is 0 Å². The molecule has 0 saturated carbocycles. The fraction of sp³-hybridized carbons (Fsp3) is 0.333. The van der Waals surface area contributed by atoms with Gasteiger partial charge in [0.2, 0.25) is 0 Å². The molecule has 0 bridgehead atoms. The van der Waals surface area contributed by atoms with Crippen LogP contribution in [0.25, 0.3) is 11.1 Å². The Morgan fingerprint density at radius 3 is 2.72 bits per heavy atom. The first kappa shape index (κ1) is 26.2. The maximum Gasteiger partial charge on any atom is 0.251 e. The van der Waals surface area contributed by atoms with E-state index in [0.29, 0.717) is 34.5 Å². The predicted molar refractivity (Wildman–Crippen MR) is 142 cm³/mol. The summed E-state index contributed by atoms with van der Waals surface area (Å²) < 4.78 is 19.9. The van der Waals surface area contributed by atoms with Crippen LogP contribution in [-0.2, 0) is 0 Å². The third-order valence-corrected chi connectivity index (χ3v) is 7.27. The van der Waals surface area contributed by atoms with Gasteiger partial charge in [-0.1, -0.05) is 42.3 Å². The number of halogens is 3. The minimum Gasteiger partial charge on any atom is -0.482 e. The summed E-state index contributed by atoms with van der Waals surface area (Å²) in [6.45, 7) is 6.59. The Bertz CT molecular complexity index is 1240. The number of rotatable bonds is 8. The molecule has 36 heavy (non-hydrogen) atoms. The molecule has 1 aliphatic heterocycles. The highest BCUT2D eigenvalue weighted by Gasteiger charge is 2.23. The second-order valence-corrected chi connectivity index (χ2v) is 9.62. The normalized spacial score (nSPS) is 16.6. The van der Waals surface area contributed by atoms with Gasteiger partial charge in [0.15, 0.2) is 11.6 Å². The van der Waals surface area contributed by atoms with Crippen molar-refractivity contribution in [2.75, 3.05) is 25.4 Å². The molecule has 2 unspecified atom stereocenters. The third-order valence-electron chi connectivity index (χ3n) is 6.56. The summed E-state index contributed by atoms with van der Waals surface area (Å²) in [5, 5.41) is 3.25. The van der Waals surface area contributed by atoms with Crippen molar-refractivity contribution in [3.63, 3.8) is 0 Å². The summed E-state index contributed by atoms with van der Waals surface area (Å²) in [6.07, 6.45) is 3.24. The van der Waals surface area contributed by atoms with Gasteiger partial charge in [0.05, 0.1) is 5.02 Å². The van der Waals surface area contributed by atoms with Crippen LogP contribution in [0.3, 0.4) is 0 Å². The number of nitrogens with zero attached hydrogens (tertiary/aromatic N) is 2. The Hall–Kier alpha value is -2.87. The SMILES string of the molecule is CCN1CCCC1CNC(=O)c1ccc(-c2cnc(N)c(OC(C)c3c(Cl)ccc(F)c3Cl)c2)cc1. The quantitative estimate of drug-likeness (QED) is 0.342. The first-order valence-electron chi connectivity index (χ1n) is 12.0. The molecule has 0 radical (unpaired) electrons. The number of benzene rings is 2. The second kappa shape index (κ2) is 11.5. The lowest BCUT2D eigenvalue weighted by atomic mass is 10.0. The van der Waals surface area contributed by atoms with E-state index in [1.165, 1.54) is 18.6 Å². The van der Waals surface area contributed by atoms with Crippen LogP contribution < -0.4 is 15.8 Å². The van der Waals surface area contributed by atoms with Gasteiger partial charge in [-0.25, -0.2) is 9.37 Å². The molecule has 2 atom stereocenters. The Morgan fingerprint density at radius 1 is 1.25 bits per heavy atom. The van der Waals surface area contributed by atoms with Crippen molar-refractivity contribution >= 4 is 34.9 Å². The summed E-state index contributed by atoms with van der Waals surface area (Å²) in [6, 6.07) is 12.0. The molecule has 1 aliphatic rings. The van der Waals surface area contributed by atoms with Gasteiger partial charge < -0.3 is 15.8 Å². The van der Waals surface area contributed by atoms with E-state index in [0.717, 1.165) is 30.6 Å². The highest BCUT2D eigenvalue weighted by Crippen LogP contribution is 2.37. The summed E-state index contributed by atoms with van der Waals surface area (Å²) >= 11 is 12.3. The molecule has 2 aromatic carbocycles. The summed E-state index contributed by atoms with van der Waals surface area (Å²) in [5.41, 5.74) is 8.54. The van der Waals surface area contributed by atoms with Gasteiger partial charge >= 0.3 is 0 Å². The highest BCUT2D eigenvalue weighted by atomic mass is 35.5. The summed E-state index contributed by atoms with van der Waals surface area (Å²) in [5.74, 6) is -0.184.